The molecule has 22 heavy (non-hydrogen) atoms. The lowest BCUT2D eigenvalue weighted by molar-refractivity contribution is 0.0679. The van der Waals surface area contributed by atoms with Crippen LogP contribution in [0.3, 0.4) is 0 Å². The predicted octanol–water partition coefficient (Wildman–Crippen LogP) is 2.37. The van der Waals surface area contributed by atoms with Crippen molar-refractivity contribution in [2.45, 2.75) is 31.7 Å². The number of hydrogen-bond acceptors (Lipinski definition) is 4. The number of amides is 1. The lowest BCUT2D eigenvalue weighted by Gasteiger charge is -2.34. The van der Waals surface area contributed by atoms with Crippen LogP contribution in [0.4, 0.5) is 0 Å². The summed E-state index contributed by atoms with van der Waals surface area (Å²) < 4.78 is 30.7. The maximum atomic E-state index is 12.3. The quantitative estimate of drug-likeness (QED) is 0.825. The average Bonchev–Trinajstić information content (AvgIpc) is 2.46. The molecule has 2 rings (SSSR count). The third kappa shape index (κ3) is 5.08. The van der Waals surface area contributed by atoms with Crippen molar-refractivity contribution in [2.75, 3.05) is 12.8 Å². The summed E-state index contributed by atoms with van der Waals surface area (Å²) in [5, 5.41) is 0. The van der Waals surface area contributed by atoms with Gasteiger partial charge in [0.25, 0.3) is 16.0 Å². The molecule has 1 saturated carbocycles. The van der Waals surface area contributed by atoms with Crippen molar-refractivity contribution in [3.63, 3.8) is 0 Å². The van der Waals surface area contributed by atoms with E-state index < -0.39 is 10.1 Å². The molecule has 0 unspecified atom stereocenters. The molecule has 0 spiro atoms. The topological polar surface area (TPSA) is 110 Å². The molecule has 1 aromatic rings. The Morgan fingerprint density at radius 3 is 2.23 bits per heavy atom. The van der Waals surface area contributed by atoms with Gasteiger partial charge in [0.1, 0.15) is 0 Å². The van der Waals surface area contributed by atoms with Gasteiger partial charge in [-0.15, -0.1) is 0 Å². The van der Waals surface area contributed by atoms with Crippen molar-refractivity contribution in [1.82, 2.24) is 11.1 Å². The normalized spacial score (nSPS) is 21.7. The zero-order valence-electron chi connectivity index (χ0n) is 12.8. The van der Waals surface area contributed by atoms with Crippen molar-refractivity contribution in [3.05, 3.63) is 35.9 Å². The molecule has 0 radical (unpaired) electrons. The van der Waals surface area contributed by atoms with Gasteiger partial charge in [0.2, 0.25) is 0 Å². The van der Waals surface area contributed by atoms with Gasteiger partial charge in [-0.05, 0) is 43.7 Å². The van der Waals surface area contributed by atoms with Gasteiger partial charge in [-0.2, -0.15) is 8.42 Å². The zero-order valence-corrected chi connectivity index (χ0v) is 13.6. The highest BCUT2D eigenvalue weighted by Gasteiger charge is 2.28. The first-order valence-electron chi connectivity index (χ1n) is 7.14. The fourth-order valence-corrected chi connectivity index (χ4v) is 3.88. The number of nitrogens with zero attached hydrogens (tertiary/aromatic N) is 1. The summed E-state index contributed by atoms with van der Waals surface area (Å²) in [5.41, 5.74) is 0.667. The molecule has 0 saturated heterocycles. The van der Waals surface area contributed by atoms with Crippen molar-refractivity contribution in [2.24, 2.45) is 5.92 Å². The van der Waals surface area contributed by atoms with Crippen LogP contribution in [-0.2, 0) is 10.1 Å². The van der Waals surface area contributed by atoms with Gasteiger partial charge in [-0.3, -0.25) is 9.35 Å². The van der Waals surface area contributed by atoms with Gasteiger partial charge in [0.15, 0.2) is 0 Å². The minimum absolute atomic E-state index is 0. The number of carbonyl (C=O) groups is 1. The van der Waals surface area contributed by atoms with E-state index in [9.17, 15) is 13.2 Å². The van der Waals surface area contributed by atoms with E-state index in [1.54, 1.807) is 24.1 Å². The van der Waals surface area contributed by atoms with Crippen molar-refractivity contribution >= 4 is 16.0 Å². The van der Waals surface area contributed by atoms with Gasteiger partial charge < -0.3 is 11.1 Å². The van der Waals surface area contributed by atoms with E-state index in [0.717, 1.165) is 25.7 Å². The van der Waals surface area contributed by atoms with Gasteiger partial charge in [-0.25, -0.2) is 0 Å². The number of benzene rings is 1. The zero-order chi connectivity index (χ0) is 15.5. The van der Waals surface area contributed by atoms with Crippen molar-refractivity contribution < 1.29 is 17.8 Å². The highest BCUT2D eigenvalue weighted by molar-refractivity contribution is 7.85. The van der Waals surface area contributed by atoms with E-state index in [1.807, 2.05) is 18.2 Å². The number of hydrogen-bond donors (Lipinski definition) is 2. The summed E-state index contributed by atoms with van der Waals surface area (Å²) in [4.78, 5) is 14.1. The van der Waals surface area contributed by atoms with Crippen LogP contribution in [0.1, 0.15) is 36.0 Å². The Hall–Kier alpha value is -1.44. The fraction of sp³-hybridized carbons (Fsp3) is 0.533. The first-order valence-corrected chi connectivity index (χ1v) is 8.75. The lowest BCUT2D eigenvalue weighted by atomic mass is 9.86. The minimum Gasteiger partial charge on any atom is -0.344 e. The maximum absolute atomic E-state index is 12.3. The second kappa shape index (κ2) is 7.71. The molecule has 1 aliphatic carbocycles. The lowest BCUT2D eigenvalue weighted by Crippen LogP contribution is -2.40. The Morgan fingerprint density at radius 2 is 1.73 bits per heavy atom. The predicted molar refractivity (Wildman–Crippen MR) is 85.7 cm³/mol. The van der Waals surface area contributed by atoms with Crippen LogP contribution >= 0.6 is 0 Å². The Kier molecular flexibility index (Phi) is 6.52. The summed E-state index contributed by atoms with van der Waals surface area (Å²) in [5.74, 6) is -0.180. The Balaban J connectivity index is 0.00000242. The summed E-state index contributed by atoms with van der Waals surface area (Å²) in [6, 6.07) is 9.27. The van der Waals surface area contributed by atoms with E-state index in [-0.39, 0.29) is 29.8 Å². The third-order valence-corrected chi connectivity index (χ3v) is 5.04. The second-order valence-corrected chi connectivity index (χ2v) is 7.20. The van der Waals surface area contributed by atoms with E-state index in [2.05, 4.69) is 0 Å². The van der Waals surface area contributed by atoms with Crippen LogP contribution in [0.5, 0.6) is 0 Å². The highest BCUT2D eigenvalue weighted by atomic mass is 32.2. The molecule has 124 valence electrons. The maximum Gasteiger partial charge on any atom is 0.265 e. The Morgan fingerprint density at radius 1 is 1.18 bits per heavy atom. The molecular formula is C15H24N2O4S. The highest BCUT2D eigenvalue weighted by Crippen LogP contribution is 2.28. The van der Waals surface area contributed by atoms with Crippen LogP contribution in [0.2, 0.25) is 0 Å². The third-order valence-electron chi connectivity index (χ3n) is 4.15. The van der Waals surface area contributed by atoms with Gasteiger partial charge in [0, 0.05) is 18.7 Å². The van der Waals surface area contributed by atoms with Gasteiger partial charge in [0.05, 0.1) is 5.75 Å². The molecule has 0 atom stereocenters. The van der Waals surface area contributed by atoms with E-state index in [1.165, 1.54) is 0 Å². The van der Waals surface area contributed by atoms with E-state index in [0.29, 0.717) is 5.56 Å². The van der Waals surface area contributed by atoms with E-state index >= 15 is 0 Å². The summed E-state index contributed by atoms with van der Waals surface area (Å²) in [7, 11) is -2.11. The van der Waals surface area contributed by atoms with Crippen LogP contribution < -0.4 is 6.15 Å². The summed E-state index contributed by atoms with van der Waals surface area (Å²) in [6.45, 7) is 0. The average molecular weight is 328 g/mol. The SMILES string of the molecule is CN(C(=O)c1ccccc1)C1CCC(CS(=O)(=O)O)CC1.N. The van der Waals surface area contributed by atoms with Crippen LogP contribution in [0.15, 0.2) is 30.3 Å². The van der Waals surface area contributed by atoms with Crippen molar-refractivity contribution in [3.8, 4) is 0 Å². The van der Waals surface area contributed by atoms with Crippen LogP contribution in [-0.4, -0.2) is 42.6 Å². The molecule has 6 nitrogen and oxygen atoms in total. The summed E-state index contributed by atoms with van der Waals surface area (Å²) in [6.07, 6.45) is 2.98. The number of rotatable bonds is 4. The van der Waals surface area contributed by atoms with Gasteiger partial charge in [-0.1, -0.05) is 18.2 Å². The monoisotopic (exact) mass is 328 g/mol. The molecule has 1 aliphatic rings. The van der Waals surface area contributed by atoms with E-state index in [4.69, 9.17) is 4.55 Å². The van der Waals surface area contributed by atoms with Crippen LogP contribution in [0, 0.1) is 5.92 Å². The molecule has 1 amide bonds. The molecule has 0 heterocycles. The first-order chi connectivity index (χ1) is 9.87. The molecule has 4 N–H and O–H groups in total. The number of carbonyl (C=O) groups excluding carboxylic acids is 1. The molecule has 0 aliphatic heterocycles. The van der Waals surface area contributed by atoms with Gasteiger partial charge >= 0.3 is 0 Å². The van der Waals surface area contributed by atoms with Crippen LogP contribution in [0.25, 0.3) is 0 Å². The second-order valence-electron chi connectivity index (χ2n) is 5.71. The molecule has 0 bridgehead atoms. The summed E-state index contributed by atoms with van der Waals surface area (Å²) >= 11 is 0. The molecular weight excluding hydrogens is 304 g/mol. The van der Waals surface area contributed by atoms with Crippen molar-refractivity contribution in [1.29, 1.82) is 0 Å². The standard InChI is InChI=1S/C15H21NO4S.H3N/c1-16(15(17)13-5-3-2-4-6-13)14-9-7-12(8-10-14)11-21(18,19)20;/h2-6,12,14H,7-11H2,1H3,(H,18,19,20);1H3. The molecule has 0 aromatic heterocycles. The molecule has 1 fully saturated rings. The Labute approximate surface area is 131 Å². The fourth-order valence-electron chi connectivity index (χ4n) is 2.95. The Bertz CT molecular complexity index is 581. The molecule has 1 aromatic carbocycles. The largest absolute Gasteiger partial charge is 0.344 e. The smallest absolute Gasteiger partial charge is 0.265 e. The minimum atomic E-state index is -3.90. The molecule has 7 heteroatoms. The first kappa shape index (κ1) is 18.6.